The maximum absolute atomic E-state index is 12.3. The molecule has 0 radical (unpaired) electrons. The Morgan fingerprint density at radius 2 is 1.81 bits per heavy atom. The fourth-order valence-corrected chi connectivity index (χ4v) is 2.82. The summed E-state index contributed by atoms with van der Waals surface area (Å²) in [5.41, 5.74) is 1.92. The molecule has 1 aromatic heterocycles. The monoisotopic (exact) mass is 421 g/mol. The number of rotatable bonds is 11. The van der Waals surface area contributed by atoms with Crippen molar-refractivity contribution in [3.8, 4) is 5.75 Å². The Morgan fingerprint density at radius 1 is 1.00 bits per heavy atom. The number of para-hydroxylation sites is 2. The first-order valence-corrected chi connectivity index (χ1v) is 10.3. The van der Waals surface area contributed by atoms with Crippen LogP contribution in [-0.4, -0.2) is 25.0 Å². The zero-order valence-electron chi connectivity index (χ0n) is 17.5. The number of nitrogens with one attached hydrogen (secondary N) is 3. The summed E-state index contributed by atoms with van der Waals surface area (Å²) in [4.78, 5) is 24.5. The SMILES string of the molecule is CCCCOc1ccccc1NC(=O)CNc1ccc(C(=O)NCc2ccco2)cc1. The lowest BCUT2D eigenvalue weighted by Crippen LogP contribution is -2.23. The number of benzene rings is 2. The van der Waals surface area contributed by atoms with Crippen molar-refractivity contribution in [3.05, 3.63) is 78.3 Å². The van der Waals surface area contributed by atoms with Crippen molar-refractivity contribution in [2.45, 2.75) is 26.3 Å². The molecule has 2 amide bonds. The minimum Gasteiger partial charge on any atom is -0.491 e. The van der Waals surface area contributed by atoms with Gasteiger partial charge in [-0.05, 0) is 55.0 Å². The van der Waals surface area contributed by atoms with Gasteiger partial charge < -0.3 is 25.1 Å². The number of carbonyl (C=O) groups is 2. The second kappa shape index (κ2) is 11.4. The first-order valence-electron chi connectivity index (χ1n) is 10.3. The third kappa shape index (κ3) is 6.92. The van der Waals surface area contributed by atoms with E-state index in [1.807, 2.05) is 24.3 Å². The third-order valence-corrected chi connectivity index (χ3v) is 4.52. The molecule has 3 aromatic rings. The quantitative estimate of drug-likeness (QED) is 0.398. The molecule has 0 atom stereocenters. The van der Waals surface area contributed by atoms with Gasteiger partial charge in [0.25, 0.3) is 5.91 Å². The van der Waals surface area contributed by atoms with E-state index < -0.39 is 0 Å². The van der Waals surface area contributed by atoms with Crippen LogP contribution >= 0.6 is 0 Å². The van der Waals surface area contributed by atoms with Crippen molar-refractivity contribution in [2.75, 3.05) is 23.8 Å². The van der Waals surface area contributed by atoms with Crippen LogP contribution in [0.3, 0.4) is 0 Å². The lowest BCUT2D eigenvalue weighted by molar-refractivity contribution is -0.114. The summed E-state index contributed by atoms with van der Waals surface area (Å²) >= 11 is 0. The van der Waals surface area contributed by atoms with E-state index in [1.54, 1.807) is 42.7 Å². The van der Waals surface area contributed by atoms with Crippen LogP contribution in [0.15, 0.2) is 71.3 Å². The Balaban J connectivity index is 1.46. The molecule has 0 saturated carbocycles. The standard InChI is InChI=1S/C24H27N3O4/c1-2-3-14-31-22-9-5-4-8-21(22)27-23(28)17-25-19-12-10-18(11-13-19)24(29)26-16-20-7-6-15-30-20/h4-13,15,25H,2-3,14,16-17H2,1H3,(H,26,29)(H,27,28). The van der Waals surface area contributed by atoms with Crippen LogP contribution in [0.4, 0.5) is 11.4 Å². The van der Waals surface area contributed by atoms with Crippen LogP contribution < -0.4 is 20.7 Å². The summed E-state index contributed by atoms with van der Waals surface area (Å²) in [5, 5.41) is 8.72. The first kappa shape index (κ1) is 22.0. The summed E-state index contributed by atoms with van der Waals surface area (Å²) in [7, 11) is 0. The van der Waals surface area contributed by atoms with Crippen molar-refractivity contribution >= 4 is 23.2 Å². The number of carbonyl (C=O) groups excluding carboxylic acids is 2. The molecule has 1 heterocycles. The summed E-state index contributed by atoms with van der Waals surface area (Å²) in [6.45, 7) is 3.13. The molecular formula is C24H27N3O4. The Kier molecular flexibility index (Phi) is 8.11. The van der Waals surface area contributed by atoms with E-state index in [0.29, 0.717) is 35.9 Å². The van der Waals surface area contributed by atoms with Gasteiger partial charge in [-0.2, -0.15) is 0 Å². The van der Waals surface area contributed by atoms with Crippen LogP contribution in [0.2, 0.25) is 0 Å². The van der Waals surface area contributed by atoms with Crippen molar-refractivity contribution in [2.24, 2.45) is 0 Å². The average Bonchev–Trinajstić information content (AvgIpc) is 3.31. The van der Waals surface area contributed by atoms with E-state index in [0.717, 1.165) is 18.5 Å². The Labute approximate surface area is 181 Å². The van der Waals surface area contributed by atoms with Gasteiger partial charge in [-0.3, -0.25) is 9.59 Å². The van der Waals surface area contributed by atoms with Gasteiger partial charge in [0.05, 0.1) is 31.6 Å². The molecule has 3 N–H and O–H groups in total. The van der Waals surface area contributed by atoms with Gasteiger partial charge in [0, 0.05) is 11.3 Å². The number of hydrogen-bond donors (Lipinski definition) is 3. The zero-order chi connectivity index (χ0) is 21.9. The van der Waals surface area contributed by atoms with Gasteiger partial charge in [0.15, 0.2) is 0 Å². The maximum atomic E-state index is 12.3. The molecule has 3 rings (SSSR count). The molecule has 0 bridgehead atoms. The minimum atomic E-state index is -0.194. The second-order valence-electron chi connectivity index (χ2n) is 6.94. The molecule has 0 aliphatic carbocycles. The van der Waals surface area contributed by atoms with E-state index in [2.05, 4.69) is 22.9 Å². The average molecular weight is 421 g/mol. The van der Waals surface area contributed by atoms with Crippen molar-refractivity contribution < 1.29 is 18.7 Å². The van der Waals surface area contributed by atoms with E-state index in [4.69, 9.17) is 9.15 Å². The molecular weight excluding hydrogens is 394 g/mol. The zero-order valence-corrected chi connectivity index (χ0v) is 17.5. The molecule has 0 fully saturated rings. The highest BCUT2D eigenvalue weighted by atomic mass is 16.5. The molecule has 0 saturated heterocycles. The van der Waals surface area contributed by atoms with E-state index in [1.165, 1.54) is 0 Å². The molecule has 0 aliphatic rings. The van der Waals surface area contributed by atoms with E-state index in [9.17, 15) is 9.59 Å². The Hall–Kier alpha value is -3.74. The maximum Gasteiger partial charge on any atom is 0.251 e. The smallest absolute Gasteiger partial charge is 0.251 e. The number of unbranched alkanes of at least 4 members (excludes halogenated alkanes) is 1. The lowest BCUT2D eigenvalue weighted by Gasteiger charge is -2.13. The highest BCUT2D eigenvalue weighted by Gasteiger charge is 2.09. The van der Waals surface area contributed by atoms with Gasteiger partial charge in [0.2, 0.25) is 5.91 Å². The summed E-state index contributed by atoms with van der Waals surface area (Å²) in [6, 6.07) is 17.9. The van der Waals surface area contributed by atoms with Crippen molar-refractivity contribution in [1.82, 2.24) is 5.32 Å². The van der Waals surface area contributed by atoms with E-state index >= 15 is 0 Å². The van der Waals surface area contributed by atoms with Crippen LogP contribution in [0.25, 0.3) is 0 Å². The van der Waals surface area contributed by atoms with Gasteiger partial charge in [-0.1, -0.05) is 25.5 Å². The topological polar surface area (TPSA) is 92.6 Å². The van der Waals surface area contributed by atoms with Crippen LogP contribution in [-0.2, 0) is 11.3 Å². The van der Waals surface area contributed by atoms with E-state index in [-0.39, 0.29) is 18.4 Å². The van der Waals surface area contributed by atoms with Crippen LogP contribution in [0, 0.1) is 0 Å². The molecule has 0 aliphatic heterocycles. The summed E-state index contributed by atoms with van der Waals surface area (Å²) < 4.78 is 10.9. The normalized spacial score (nSPS) is 10.4. The summed E-state index contributed by atoms with van der Waals surface area (Å²) in [6.07, 6.45) is 3.57. The molecule has 7 heteroatoms. The summed E-state index contributed by atoms with van der Waals surface area (Å²) in [5.74, 6) is 0.969. The fourth-order valence-electron chi connectivity index (χ4n) is 2.82. The van der Waals surface area contributed by atoms with Gasteiger partial charge in [-0.15, -0.1) is 0 Å². The number of amides is 2. The molecule has 0 unspecified atom stereocenters. The molecule has 7 nitrogen and oxygen atoms in total. The van der Waals surface area contributed by atoms with Gasteiger partial charge >= 0.3 is 0 Å². The Bertz CT molecular complexity index is 969. The highest BCUT2D eigenvalue weighted by molar-refractivity contribution is 5.96. The van der Waals surface area contributed by atoms with Gasteiger partial charge in [-0.25, -0.2) is 0 Å². The predicted molar refractivity (Wildman–Crippen MR) is 120 cm³/mol. The van der Waals surface area contributed by atoms with Crippen LogP contribution in [0.5, 0.6) is 5.75 Å². The molecule has 162 valence electrons. The number of furan rings is 1. The first-order chi connectivity index (χ1) is 15.2. The number of ether oxygens (including phenoxy) is 1. The van der Waals surface area contributed by atoms with Crippen LogP contribution in [0.1, 0.15) is 35.9 Å². The predicted octanol–water partition coefficient (Wildman–Crippen LogP) is 4.44. The van der Waals surface area contributed by atoms with Gasteiger partial charge in [0.1, 0.15) is 11.5 Å². The fraction of sp³-hybridized carbons (Fsp3) is 0.250. The van der Waals surface area contributed by atoms with Crippen molar-refractivity contribution in [3.63, 3.8) is 0 Å². The third-order valence-electron chi connectivity index (χ3n) is 4.52. The molecule has 0 spiro atoms. The molecule has 31 heavy (non-hydrogen) atoms. The lowest BCUT2D eigenvalue weighted by atomic mass is 10.2. The second-order valence-corrected chi connectivity index (χ2v) is 6.94. The Morgan fingerprint density at radius 3 is 2.55 bits per heavy atom. The molecule has 2 aromatic carbocycles. The minimum absolute atomic E-state index is 0.0906. The highest BCUT2D eigenvalue weighted by Crippen LogP contribution is 2.24. The number of anilines is 2. The van der Waals surface area contributed by atoms with Crippen molar-refractivity contribution in [1.29, 1.82) is 0 Å². The largest absolute Gasteiger partial charge is 0.491 e. The number of hydrogen-bond acceptors (Lipinski definition) is 5.